The van der Waals surface area contributed by atoms with Crippen molar-refractivity contribution in [2.45, 2.75) is 31.8 Å². The van der Waals surface area contributed by atoms with Crippen LogP contribution in [0.1, 0.15) is 40.9 Å². The van der Waals surface area contributed by atoms with E-state index in [0.717, 1.165) is 19.4 Å². The van der Waals surface area contributed by atoms with E-state index in [1.165, 1.54) is 11.1 Å². The summed E-state index contributed by atoms with van der Waals surface area (Å²) in [7, 11) is 5.66. The van der Waals surface area contributed by atoms with Crippen LogP contribution in [0.5, 0.6) is 5.88 Å². The van der Waals surface area contributed by atoms with Gasteiger partial charge in [-0.15, -0.1) is 0 Å². The highest BCUT2D eigenvalue weighted by molar-refractivity contribution is 5.94. The summed E-state index contributed by atoms with van der Waals surface area (Å²) in [6.45, 7) is 3.90. The van der Waals surface area contributed by atoms with E-state index in [1.807, 2.05) is 36.9 Å². The lowest BCUT2D eigenvalue weighted by molar-refractivity contribution is 0.0429. The van der Waals surface area contributed by atoms with Crippen molar-refractivity contribution in [3.05, 3.63) is 59.3 Å². The van der Waals surface area contributed by atoms with Crippen LogP contribution in [0.4, 0.5) is 0 Å². The Morgan fingerprint density at radius 1 is 1.24 bits per heavy atom. The van der Waals surface area contributed by atoms with E-state index in [2.05, 4.69) is 23.2 Å². The molecule has 1 amide bonds. The second-order valence-electron chi connectivity index (χ2n) is 7.81. The summed E-state index contributed by atoms with van der Waals surface area (Å²) in [5.41, 5.74) is 3.13. The van der Waals surface area contributed by atoms with Gasteiger partial charge in [0.05, 0.1) is 24.3 Å². The van der Waals surface area contributed by atoms with Gasteiger partial charge < -0.3 is 19.3 Å². The molecule has 6 heteroatoms. The third-order valence-corrected chi connectivity index (χ3v) is 5.33. The molecule has 0 spiro atoms. The van der Waals surface area contributed by atoms with Crippen LogP contribution in [0.25, 0.3) is 0 Å². The molecule has 0 fully saturated rings. The van der Waals surface area contributed by atoms with Crippen LogP contribution in [0.3, 0.4) is 0 Å². The molecular weight excluding hydrogens is 366 g/mol. The van der Waals surface area contributed by atoms with Gasteiger partial charge in [0.25, 0.3) is 5.91 Å². The lowest BCUT2D eigenvalue weighted by atomic mass is 10.0. The first-order valence-electron chi connectivity index (χ1n) is 10.1. The molecule has 1 aliphatic carbocycles. The monoisotopic (exact) mass is 397 g/mol. The molecule has 0 saturated heterocycles. The van der Waals surface area contributed by atoms with Gasteiger partial charge in [0.15, 0.2) is 0 Å². The minimum Gasteiger partial charge on any atom is -0.476 e. The molecule has 0 aliphatic heterocycles. The molecule has 0 saturated carbocycles. The Hall–Kier alpha value is -2.44. The van der Waals surface area contributed by atoms with E-state index in [9.17, 15) is 4.79 Å². The number of amides is 1. The Morgan fingerprint density at radius 2 is 2.03 bits per heavy atom. The Morgan fingerprint density at radius 3 is 2.72 bits per heavy atom. The zero-order valence-electron chi connectivity index (χ0n) is 17.8. The Bertz CT molecular complexity index is 807. The summed E-state index contributed by atoms with van der Waals surface area (Å²) in [5, 5.41) is 0. The summed E-state index contributed by atoms with van der Waals surface area (Å²) < 4.78 is 11.0. The predicted octanol–water partition coefficient (Wildman–Crippen LogP) is 3.19. The molecule has 6 nitrogen and oxygen atoms in total. The van der Waals surface area contributed by atoms with Crippen LogP contribution in [-0.2, 0) is 11.2 Å². The average molecular weight is 398 g/mol. The number of rotatable bonds is 9. The van der Waals surface area contributed by atoms with Crippen molar-refractivity contribution >= 4 is 5.91 Å². The summed E-state index contributed by atoms with van der Waals surface area (Å²) >= 11 is 0. The van der Waals surface area contributed by atoms with E-state index in [1.54, 1.807) is 25.4 Å². The van der Waals surface area contributed by atoms with Crippen molar-refractivity contribution < 1.29 is 14.3 Å². The molecule has 29 heavy (non-hydrogen) atoms. The van der Waals surface area contributed by atoms with Gasteiger partial charge in [-0.05, 0) is 51.1 Å². The van der Waals surface area contributed by atoms with Gasteiger partial charge in [0, 0.05) is 25.9 Å². The molecule has 1 aromatic carbocycles. The van der Waals surface area contributed by atoms with Crippen molar-refractivity contribution in [2.24, 2.45) is 0 Å². The number of nitrogens with zero attached hydrogens (tertiary/aromatic N) is 3. The molecule has 2 atom stereocenters. The van der Waals surface area contributed by atoms with Crippen LogP contribution in [0.15, 0.2) is 42.6 Å². The number of benzene rings is 1. The molecule has 3 rings (SSSR count). The minimum absolute atomic E-state index is 0.0244. The second-order valence-corrected chi connectivity index (χ2v) is 7.81. The van der Waals surface area contributed by atoms with Crippen LogP contribution in [0.2, 0.25) is 0 Å². The highest BCUT2D eigenvalue weighted by Gasteiger charge is 2.34. The number of aromatic nitrogens is 1. The lowest BCUT2D eigenvalue weighted by Crippen LogP contribution is -2.43. The Labute approximate surface area is 173 Å². The third-order valence-electron chi connectivity index (χ3n) is 5.33. The summed E-state index contributed by atoms with van der Waals surface area (Å²) in [5.74, 6) is 0.509. The highest BCUT2D eigenvalue weighted by Crippen LogP contribution is 2.37. The first-order valence-corrected chi connectivity index (χ1v) is 10.1. The number of ether oxygens (including phenoxy) is 2. The Balaban J connectivity index is 1.79. The topological polar surface area (TPSA) is 54.9 Å². The van der Waals surface area contributed by atoms with Crippen LogP contribution in [0, 0.1) is 0 Å². The highest BCUT2D eigenvalue weighted by atomic mass is 16.5. The zero-order chi connectivity index (χ0) is 20.8. The van der Waals surface area contributed by atoms with Crippen molar-refractivity contribution in [1.29, 1.82) is 0 Å². The summed E-state index contributed by atoms with van der Waals surface area (Å²) in [6, 6.07) is 12.0. The van der Waals surface area contributed by atoms with Gasteiger partial charge in [-0.2, -0.15) is 0 Å². The fraction of sp³-hybridized carbons (Fsp3) is 0.478. The van der Waals surface area contributed by atoms with Gasteiger partial charge in [0.2, 0.25) is 5.88 Å². The molecule has 0 bridgehead atoms. The normalized spacial score (nSPS) is 16.5. The van der Waals surface area contributed by atoms with Crippen molar-refractivity contribution in [3.8, 4) is 5.88 Å². The number of fused-ring (bicyclic) bond motifs is 1. The smallest absolute Gasteiger partial charge is 0.256 e. The Kier molecular flexibility index (Phi) is 7.23. The summed E-state index contributed by atoms with van der Waals surface area (Å²) in [6.07, 6.45) is 3.53. The fourth-order valence-corrected chi connectivity index (χ4v) is 3.87. The predicted molar refractivity (Wildman–Crippen MR) is 113 cm³/mol. The molecule has 0 N–H and O–H groups in total. The number of methoxy groups -OCH3 is 1. The maximum Gasteiger partial charge on any atom is 0.256 e. The first-order chi connectivity index (χ1) is 14.0. The standard InChI is InChI=1S/C23H31N3O3/c1-17(16-28-4)26(21-11-9-18-7-5-6-8-20(18)21)23(27)19-10-12-22(24-15-19)29-14-13-25(2)3/h5-8,10,12,15,17,21H,9,11,13-14,16H2,1-4H3. The van der Waals surface area contributed by atoms with Crippen molar-refractivity contribution in [2.75, 3.05) is 41.0 Å². The number of hydrogen-bond donors (Lipinski definition) is 0. The van der Waals surface area contributed by atoms with Gasteiger partial charge in [-0.25, -0.2) is 4.98 Å². The molecule has 0 radical (unpaired) electrons. The number of carbonyl (C=O) groups excluding carboxylic acids is 1. The largest absolute Gasteiger partial charge is 0.476 e. The van der Waals surface area contributed by atoms with Gasteiger partial charge in [-0.1, -0.05) is 24.3 Å². The maximum absolute atomic E-state index is 13.5. The number of hydrogen-bond acceptors (Lipinski definition) is 5. The quantitative estimate of drug-likeness (QED) is 0.650. The van der Waals surface area contributed by atoms with E-state index < -0.39 is 0 Å². The van der Waals surface area contributed by atoms with Crippen molar-refractivity contribution in [1.82, 2.24) is 14.8 Å². The van der Waals surface area contributed by atoms with Gasteiger partial charge in [-0.3, -0.25) is 4.79 Å². The molecule has 2 aromatic rings. The van der Waals surface area contributed by atoms with E-state index in [0.29, 0.717) is 24.7 Å². The van der Waals surface area contributed by atoms with Crippen LogP contribution in [-0.4, -0.2) is 67.7 Å². The molecule has 2 unspecified atom stereocenters. The van der Waals surface area contributed by atoms with E-state index in [-0.39, 0.29) is 18.0 Å². The average Bonchev–Trinajstić information content (AvgIpc) is 3.12. The second kappa shape index (κ2) is 9.85. The zero-order valence-corrected chi connectivity index (χ0v) is 17.8. The van der Waals surface area contributed by atoms with Crippen molar-refractivity contribution in [3.63, 3.8) is 0 Å². The first kappa shape index (κ1) is 21.3. The molecule has 1 aromatic heterocycles. The minimum atomic E-state index is -0.0420. The van der Waals surface area contributed by atoms with E-state index in [4.69, 9.17) is 9.47 Å². The molecule has 156 valence electrons. The maximum atomic E-state index is 13.5. The van der Waals surface area contributed by atoms with Gasteiger partial charge >= 0.3 is 0 Å². The number of aryl methyl sites for hydroxylation is 1. The molecular formula is C23H31N3O3. The van der Waals surface area contributed by atoms with Gasteiger partial charge in [0.1, 0.15) is 6.61 Å². The molecule has 1 heterocycles. The number of carbonyl (C=O) groups is 1. The fourth-order valence-electron chi connectivity index (χ4n) is 3.87. The van der Waals surface area contributed by atoms with Crippen LogP contribution < -0.4 is 4.74 Å². The van der Waals surface area contributed by atoms with E-state index >= 15 is 0 Å². The number of likely N-dealkylation sites (N-methyl/N-ethyl adjacent to an activating group) is 1. The summed E-state index contributed by atoms with van der Waals surface area (Å²) in [4.78, 5) is 21.8. The number of pyridine rings is 1. The lowest BCUT2D eigenvalue weighted by Gasteiger charge is -2.35. The van der Waals surface area contributed by atoms with Crippen LogP contribution >= 0.6 is 0 Å². The molecule has 1 aliphatic rings. The SMILES string of the molecule is COCC(C)N(C(=O)c1ccc(OCCN(C)C)nc1)C1CCc2ccccc21. The third kappa shape index (κ3) is 5.14.